The van der Waals surface area contributed by atoms with Crippen LogP contribution in [-0.4, -0.2) is 34.9 Å². The number of fused-ring (bicyclic) bond motifs is 4. The largest absolute Gasteiger partial charge is 0.348 e. The Labute approximate surface area is 208 Å². The van der Waals surface area contributed by atoms with Gasteiger partial charge in [-0.3, -0.25) is 0 Å². The maximum atomic E-state index is 6.57. The summed E-state index contributed by atoms with van der Waals surface area (Å²) in [5.41, 5.74) is 4.04. The van der Waals surface area contributed by atoms with E-state index in [4.69, 9.17) is 4.74 Å². The molecule has 180 valence electrons. The first-order valence-corrected chi connectivity index (χ1v) is 13.1. The van der Waals surface area contributed by atoms with E-state index in [1.165, 1.54) is 57.5 Å². The summed E-state index contributed by atoms with van der Waals surface area (Å²) in [5.74, 6) is 0. The topological polar surface area (TPSA) is 18.5 Å². The summed E-state index contributed by atoms with van der Waals surface area (Å²) in [6, 6.07) is 28.8. The molecule has 2 fully saturated rings. The number of ether oxygens (including phenoxy) is 1. The molecule has 0 spiro atoms. The van der Waals surface area contributed by atoms with E-state index in [2.05, 4.69) is 115 Å². The highest BCUT2D eigenvalue weighted by Crippen LogP contribution is 2.58. The average Bonchev–Trinajstić information content (AvgIpc) is 3.53. The molecule has 0 radical (unpaired) electrons. The van der Waals surface area contributed by atoms with Gasteiger partial charge in [-0.05, 0) is 64.7 Å². The van der Waals surface area contributed by atoms with E-state index in [1.54, 1.807) is 0 Å². The lowest BCUT2D eigenvalue weighted by atomic mass is 9.96. The molecule has 4 heteroatoms. The van der Waals surface area contributed by atoms with Crippen LogP contribution >= 0.6 is 0 Å². The first kappa shape index (κ1) is 22.7. The van der Waals surface area contributed by atoms with Crippen molar-refractivity contribution in [2.45, 2.75) is 58.2 Å². The zero-order chi connectivity index (χ0) is 23.9. The van der Waals surface area contributed by atoms with Gasteiger partial charge in [0.2, 0.25) is 0 Å². The standard InChI is InChI=1S/C31H35N3O/c1-4-5-6-13-20-35-31-32(3)29(24-16-9-7-14-22(24)2)33-30(34(31)33)28-21-23-15-8-10-17-25(23)26-18-11-12-19-27(26)28/h7-12,14-19,21,29-31H,4-6,13,20H2,1-3H3/t29-,30-,31+,33?,34?/m0/s1. The lowest BCUT2D eigenvalue weighted by Crippen LogP contribution is -2.38. The van der Waals surface area contributed by atoms with E-state index in [9.17, 15) is 0 Å². The highest BCUT2D eigenvalue weighted by Gasteiger charge is 2.64. The lowest BCUT2D eigenvalue weighted by Gasteiger charge is -2.30. The summed E-state index contributed by atoms with van der Waals surface area (Å²) in [7, 11) is 2.20. The van der Waals surface area contributed by atoms with E-state index >= 15 is 0 Å². The summed E-state index contributed by atoms with van der Waals surface area (Å²) < 4.78 is 6.57. The number of aryl methyl sites for hydroxylation is 1. The van der Waals surface area contributed by atoms with Gasteiger partial charge in [0.05, 0.1) is 6.61 Å². The lowest BCUT2D eigenvalue weighted by molar-refractivity contribution is -0.0972. The van der Waals surface area contributed by atoms with Crippen LogP contribution in [0, 0.1) is 6.92 Å². The van der Waals surface area contributed by atoms with Crippen LogP contribution in [0.3, 0.4) is 0 Å². The predicted molar refractivity (Wildman–Crippen MR) is 143 cm³/mol. The number of hydrogen-bond donors (Lipinski definition) is 0. The maximum absolute atomic E-state index is 6.57. The second-order valence-corrected chi connectivity index (χ2v) is 10.0. The Kier molecular flexibility index (Phi) is 6.07. The number of benzene rings is 4. The van der Waals surface area contributed by atoms with Crippen molar-refractivity contribution in [2.75, 3.05) is 13.7 Å². The van der Waals surface area contributed by atoms with Gasteiger partial charge < -0.3 is 4.74 Å². The molecule has 0 aliphatic carbocycles. The number of rotatable bonds is 8. The van der Waals surface area contributed by atoms with Crippen molar-refractivity contribution in [2.24, 2.45) is 0 Å². The van der Waals surface area contributed by atoms with Gasteiger partial charge in [-0.2, -0.15) is 10.0 Å². The Bertz CT molecular complexity index is 1350. The Hall–Kier alpha value is -2.76. The van der Waals surface area contributed by atoms with E-state index in [-0.39, 0.29) is 18.7 Å². The van der Waals surface area contributed by atoms with Crippen molar-refractivity contribution < 1.29 is 4.74 Å². The molecule has 35 heavy (non-hydrogen) atoms. The summed E-state index contributed by atoms with van der Waals surface area (Å²) in [6.45, 7) is 5.27. The van der Waals surface area contributed by atoms with E-state index in [1.807, 2.05) is 0 Å². The Morgan fingerprint density at radius 2 is 1.43 bits per heavy atom. The molecule has 2 heterocycles. The summed E-state index contributed by atoms with van der Waals surface area (Å²) in [6.07, 6.45) is 5.17. The van der Waals surface area contributed by atoms with E-state index in [0.717, 1.165) is 13.0 Å². The van der Waals surface area contributed by atoms with Crippen molar-refractivity contribution in [3.63, 3.8) is 0 Å². The van der Waals surface area contributed by atoms with Gasteiger partial charge in [-0.25, -0.2) is 4.90 Å². The van der Waals surface area contributed by atoms with Crippen molar-refractivity contribution in [3.8, 4) is 0 Å². The fraction of sp³-hybridized carbons (Fsp3) is 0.355. The predicted octanol–water partition coefficient (Wildman–Crippen LogP) is 7.36. The van der Waals surface area contributed by atoms with Crippen molar-refractivity contribution in [1.82, 2.24) is 14.9 Å². The minimum Gasteiger partial charge on any atom is -0.348 e. The van der Waals surface area contributed by atoms with Crippen LogP contribution in [0.2, 0.25) is 0 Å². The highest BCUT2D eigenvalue weighted by atomic mass is 16.5. The molecule has 4 aromatic rings. The summed E-state index contributed by atoms with van der Waals surface area (Å²) in [5, 5.41) is 10.2. The molecule has 4 nitrogen and oxygen atoms in total. The summed E-state index contributed by atoms with van der Waals surface area (Å²) >= 11 is 0. The molecule has 0 saturated carbocycles. The van der Waals surface area contributed by atoms with Gasteiger partial charge in [0.25, 0.3) is 0 Å². The van der Waals surface area contributed by atoms with Crippen molar-refractivity contribution >= 4 is 21.5 Å². The second-order valence-electron chi connectivity index (χ2n) is 10.0. The molecule has 2 saturated heterocycles. The van der Waals surface area contributed by atoms with E-state index in [0.29, 0.717) is 0 Å². The van der Waals surface area contributed by atoms with Crippen LogP contribution in [0.15, 0.2) is 78.9 Å². The molecule has 5 atom stereocenters. The van der Waals surface area contributed by atoms with Crippen molar-refractivity contribution in [3.05, 3.63) is 95.6 Å². The van der Waals surface area contributed by atoms with Crippen LogP contribution in [0.5, 0.6) is 0 Å². The molecule has 2 aliphatic heterocycles. The molecular formula is C31H35N3O. The molecule has 4 aromatic carbocycles. The Morgan fingerprint density at radius 3 is 2.23 bits per heavy atom. The third-order valence-corrected chi connectivity index (χ3v) is 7.73. The second kappa shape index (κ2) is 9.36. The van der Waals surface area contributed by atoms with Gasteiger partial charge in [0.15, 0.2) is 6.35 Å². The molecule has 2 unspecified atom stereocenters. The molecule has 6 rings (SSSR count). The number of hydrogen-bond acceptors (Lipinski definition) is 4. The van der Waals surface area contributed by atoms with Crippen LogP contribution in [0.4, 0.5) is 0 Å². The number of hydrazine groups is 1. The number of nitrogens with zero attached hydrogens (tertiary/aromatic N) is 3. The van der Waals surface area contributed by atoms with Crippen LogP contribution in [0.25, 0.3) is 21.5 Å². The Balaban J connectivity index is 1.40. The molecule has 0 amide bonds. The third kappa shape index (κ3) is 3.85. The van der Waals surface area contributed by atoms with Crippen LogP contribution in [-0.2, 0) is 4.74 Å². The fourth-order valence-corrected chi connectivity index (χ4v) is 5.92. The fourth-order valence-electron chi connectivity index (χ4n) is 5.92. The third-order valence-electron chi connectivity index (χ3n) is 7.73. The molecule has 0 N–H and O–H groups in total. The quantitative estimate of drug-likeness (QED) is 0.154. The number of unbranched alkanes of at least 4 members (excludes halogenated alkanes) is 3. The molecule has 0 aromatic heterocycles. The molecule has 2 aliphatic rings. The van der Waals surface area contributed by atoms with Crippen LogP contribution in [0.1, 0.15) is 61.6 Å². The normalized spacial score (nSPS) is 25.9. The zero-order valence-corrected chi connectivity index (χ0v) is 21.0. The molecule has 0 bridgehead atoms. The first-order chi connectivity index (χ1) is 17.2. The average molecular weight is 466 g/mol. The minimum absolute atomic E-state index is 0.0588. The first-order valence-electron chi connectivity index (χ1n) is 13.1. The molecular weight excluding hydrogens is 430 g/mol. The van der Waals surface area contributed by atoms with Gasteiger partial charge in [-0.15, -0.1) is 0 Å². The monoisotopic (exact) mass is 465 g/mol. The highest BCUT2D eigenvalue weighted by molar-refractivity contribution is 6.09. The van der Waals surface area contributed by atoms with Gasteiger partial charge >= 0.3 is 0 Å². The van der Waals surface area contributed by atoms with E-state index < -0.39 is 0 Å². The van der Waals surface area contributed by atoms with Gasteiger partial charge in [0, 0.05) is 0 Å². The maximum Gasteiger partial charge on any atom is 0.184 e. The Morgan fingerprint density at radius 1 is 0.714 bits per heavy atom. The van der Waals surface area contributed by atoms with Crippen LogP contribution < -0.4 is 0 Å². The smallest absolute Gasteiger partial charge is 0.184 e. The van der Waals surface area contributed by atoms with Gasteiger partial charge in [0.1, 0.15) is 12.3 Å². The minimum atomic E-state index is -0.0588. The zero-order valence-electron chi connectivity index (χ0n) is 21.0. The SMILES string of the molecule is CCCCCCO[C@@H]1N(C)[C@H](c2ccccc2C)N2[C@H](c3cc4ccccc4c4ccccc34)N12. The summed E-state index contributed by atoms with van der Waals surface area (Å²) in [4.78, 5) is 2.39. The van der Waals surface area contributed by atoms with Crippen molar-refractivity contribution in [1.29, 1.82) is 0 Å². The van der Waals surface area contributed by atoms with Gasteiger partial charge in [-0.1, -0.05) is 99.0 Å².